The van der Waals surface area contributed by atoms with Gasteiger partial charge < -0.3 is 10.0 Å². The Bertz CT molecular complexity index is 348. The fraction of sp³-hybridized carbons (Fsp3) is 0.500. The lowest BCUT2D eigenvalue weighted by Crippen LogP contribution is -2.28. The summed E-state index contributed by atoms with van der Waals surface area (Å²) in [7, 11) is 0. The number of rotatable bonds is 1. The smallest absolute Gasteiger partial charge is 0.264 e. The maximum atomic E-state index is 11.8. The van der Waals surface area contributed by atoms with E-state index in [4.69, 9.17) is 0 Å². The molecule has 1 atom stereocenters. The van der Waals surface area contributed by atoms with E-state index < -0.39 is 0 Å². The van der Waals surface area contributed by atoms with Crippen LogP contribution in [0.5, 0.6) is 0 Å². The summed E-state index contributed by atoms with van der Waals surface area (Å²) in [6.07, 6.45) is 0.371. The molecular weight excluding hydrogens is 198 g/mol. The molecule has 0 bridgehead atoms. The summed E-state index contributed by atoms with van der Waals surface area (Å²) in [5, 5.41) is 9.31. The van der Waals surface area contributed by atoms with Gasteiger partial charge in [0.2, 0.25) is 0 Å². The molecule has 0 aliphatic carbocycles. The Morgan fingerprint density at radius 1 is 1.64 bits per heavy atom. The number of carbonyl (C=O) groups is 1. The number of aryl methyl sites for hydroxylation is 1. The van der Waals surface area contributed by atoms with Gasteiger partial charge in [-0.15, -0.1) is 11.3 Å². The Morgan fingerprint density at radius 2 is 2.43 bits per heavy atom. The number of hydrogen-bond donors (Lipinski definition) is 1. The van der Waals surface area contributed by atoms with Crippen LogP contribution >= 0.6 is 11.3 Å². The van der Waals surface area contributed by atoms with Gasteiger partial charge in [-0.25, -0.2) is 0 Å². The fourth-order valence-electron chi connectivity index (χ4n) is 1.63. The maximum absolute atomic E-state index is 11.8. The zero-order valence-corrected chi connectivity index (χ0v) is 8.88. The highest BCUT2D eigenvalue weighted by molar-refractivity contribution is 7.13. The molecule has 0 spiro atoms. The summed E-state index contributed by atoms with van der Waals surface area (Å²) in [4.78, 5) is 15.5. The van der Waals surface area contributed by atoms with E-state index >= 15 is 0 Å². The quantitative estimate of drug-likeness (QED) is 0.759. The van der Waals surface area contributed by atoms with Gasteiger partial charge in [0.05, 0.1) is 11.0 Å². The molecule has 1 fully saturated rings. The van der Waals surface area contributed by atoms with Gasteiger partial charge in [0, 0.05) is 18.0 Å². The number of nitrogens with zero attached hydrogens (tertiary/aromatic N) is 1. The molecule has 1 aromatic rings. The van der Waals surface area contributed by atoms with Crippen LogP contribution < -0.4 is 0 Å². The molecule has 1 aliphatic heterocycles. The normalized spacial score (nSPS) is 21.6. The van der Waals surface area contributed by atoms with E-state index in [0.717, 1.165) is 9.75 Å². The van der Waals surface area contributed by atoms with Gasteiger partial charge in [0.1, 0.15) is 0 Å². The minimum absolute atomic E-state index is 0.0552. The zero-order chi connectivity index (χ0) is 10.1. The zero-order valence-electron chi connectivity index (χ0n) is 8.06. The molecular formula is C10H13NO2S. The van der Waals surface area contributed by atoms with Crippen LogP contribution in [0, 0.1) is 6.92 Å². The predicted octanol–water partition coefficient (Wildman–Crippen LogP) is 1.26. The number of hydrogen-bond acceptors (Lipinski definition) is 3. The summed E-state index contributed by atoms with van der Waals surface area (Å²) >= 11 is 1.51. The van der Waals surface area contributed by atoms with Gasteiger partial charge in [0.25, 0.3) is 5.91 Å². The van der Waals surface area contributed by atoms with Gasteiger partial charge in [0.15, 0.2) is 0 Å². The van der Waals surface area contributed by atoms with Gasteiger partial charge in [-0.2, -0.15) is 0 Å². The molecule has 0 aromatic carbocycles. The largest absolute Gasteiger partial charge is 0.391 e. The molecule has 1 N–H and O–H groups in total. The molecule has 14 heavy (non-hydrogen) atoms. The second kappa shape index (κ2) is 3.71. The van der Waals surface area contributed by atoms with Gasteiger partial charge in [-0.1, -0.05) is 0 Å². The maximum Gasteiger partial charge on any atom is 0.264 e. The first-order valence-corrected chi connectivity index (χ1v) is 5.52. The lowest BCUT2D eigenvalue weighted by atomic mass is 10.3. The Labute approximate surface area is 87.0 Å². The molecule has 0 unspecified atom stereocenters. The minimum atomic E-state index is -0.333. The summed E-state index contributed by atoms with van der Waals surface area (Å²) < 4.78 is 0. The van der Waals surface area contributed by atoms with Crippen molar-refractivity contribution in [3.63, 3.8) is 0 Å². The van der Waals surface area contributed by atoms with Crippen molar-refractivity contribution in [1.29, 1.82) is 0 Å². The SMILES string of the molecule is Cc1ccc(C(=O)N2CC[C@@H](O)C2)s1. The third kappa shape index (κ3) is 1.81. The summed E-state index contributed by atoms with van der Waals surface area (Å²) in [5.41, 5.74) is 0. The van der Waals surface area contributed by atoms with Gasteiger partial charge in [-0.3, -0.25) is 4.79 Å². The van der Waals surface area contributed by atoms with Crippen molar-refractivity contribution in [1.82, 2.24) is 4.90 Å². The van der Waals surface area contributed by atoms with Crippen LogP contribution in [-0.2, 0) is 0 Å². The highest BCUT2D eigenvalue weighted by Crippen LogP contribution is 2.19. The van der Waals surface area contributed by atoms with Crippen molar-refractivity contribution in [2.75, 3.05) is 13.1 Å². The van der Waals surface area contributed by atoms with Crippen LogP contribution in [0.3, 0.4) is 0 Å². The van der Waals surface area contributed by atoms with Gasteiger partial charge in [-0.05, 0) is 25.5 Å². The Kier molecular flexibility index (Phi) is 2.56. The third-order valence-electron chi connectivity index (χ3n) is 2.40. The van der Waals surface area contributed by atoms with E-state index in [1.165, 1.54) is 11.3 Å². The first kappa shape index (κ1) is 9.68. The van der Waals surface area contributed by atoms with Crippen molar-refractivity contribution in [3.8, 4) is 0 Å². The molecule has 1 aromatic heterocycles. The number of amides is 1. The average Bonchev–Trinajstić information content (AvgIpc) is 2.73. The predicted molar refractivity (Wildman–Crippen MR) is 55.6 cm³/mol. The van der Waals surface area contributed by atoms with Crippen LogP contribution in [0.1, 0.15) is 21.0 Å². The van der Waals surface area contributed by atoms with Crippen molar-refractivity contribution in [2.24, 2.45) is 0 Å². The average molecular weight is 211 g/mol. The van der Waals surface area contributed by atoms with Crippen molar-refractivity contribution >= 4 is 17.2 Å². The van der Waals surface area contributed by atoms with E-state index in [-0.39, 0.29) is 12.0 Å². The van der Waals surface area contributed by atoms with E-state index in [9.17, 15) is 9.90 Å². The Hall–Kier alpha value is -0.870. The number of carbonyl (C=O) groups excluding carboxylic acids is 1. The first-order valence-electron chi connectivity index (χ1n) is 4.70. The molecule has 3 nitrogen and oxygen atoms in total. The van der Waals surface area contributed by atoms with E-state index in [0.29, 0.717) is 19.5 Å². The van der Waals surface area contributed by atoms with Crippen molar-refractivity contribution < 1.29 is 9.90 Å². The number of thiophene rings is 1. The standard InChI is InChI=1S/C10H13NO2S/c1-7-2-3-9(14-7)10(13)11-5-4-8(12)6-11/h2-3,8,12H,4-6H2,1H3/t8-/m1/s1. The number of aliphatic hydroxyl groups excluding tert-OH is 1. The molecule has 4 heteroatoms. The van der Waals surface area contributed by atoms with E-state index in [1.54, 1.807) is 4.90 Å². The van der Waals surface area contributed by atoms with E-state index in [2.05, 4.69) is 0 Å². The fourth-order valence-corrected chi connectivity index (χ4v) is 2.47. The molecule has 2 heterocycles. The van der Waals surface area contributed by atoms with E-state index in [1.807, 2.05) is 19.1 Å². The van der Waals surface area contributed by atoms with Crippen molar-refractivity contribution in [2.45, 2.75) is 19.4 Å². The van der Waals surface area contributed by atoms with Crippen LogP contribution in [0.4, 0.5) is 0 Å². The molecule has 1 saturated heterocycles. The molecule has 0 saturated carbocycles. The van der Waals surface area contributed by atoms with Crippen LogP contribution in [0.15, 0.2) is 12.1 Å². The number of likely N-dealkylation sites (tertiary alicyclic amines) is 1. The monoisotopic (exact) mass is 211 g/mol. The third-order valence-corrected chi connectivity index (χ3v) is 3.39. The minimum Gasteiger partial charge on any atom is -0.391 e. The molecule has 1 aliphatic rings. The number of β-amino-alcohol motifs (C(OH)–C–C–N with tert-alkyl or cyclic N) is 1. The lowest BCUT2D eigenvalue weighted by molar-refractivity contribution is 0.0769. The number of aliphatic hydroxyl groups is 1. The van der Waals surface area contributed by atoms with Crippen LogP contribution in [0.2, 0.25) is 0 Å². The summed E-state index contributed by atoms with van der Waals surface area (Å²) in [5.74, 6) is 0.0552. The highest BCUT2D eigenvalue weighted by Gasteiger charge is 2.25. The van der Waals surface area contributed by atoms with Crippen LogP contribution in [-0.4, -0.2) is 35.1 Å². The first-order chi connectivity index (χ1) is 6.66. The molecule has 76 valence electrons. The van der Waals surface area contributed by atoms with Crippen molar-refractivity contribution in [3.05, 3.63) is 21.9 Å². The highest BCUT2D eigenvalue weighted by atomic mass is 32.1. The molecule has 2 rings (SSSR count). The molecule has 1 amide bonds. The topological polar surface area (TPSA) is 40.5 Å². The second-order valence-corrected chi connectivity index (χ2v) is 4.89. The summed E-state index contributed by atoms with van der Waals surface area (Å²) in [6.45, 7) is 3.15. The Morgan fingerprint density at radius 3 is 2.93 bits per heavy atom. The lowest BCUT2D eigenvalue weighted by Gasteiger charge is -2.13. The van der Waals surface area contributed by atoms with Crippen LogP contribution in [0.25, 0.3) is 0 Å². The Balaban J connectivity index is 2.09. The summed E-state index contributed by atoms with van der Waals surface area (Å²) in [6, 6.07) is 3.80. The van der Waals surface area contributed by atoms with Gasteiger partial charge >= 0.3 is 0 Å². The second-order valence-electron chi connectivity index (χ2n) is 3.60. The molecule has 0 radical (unpaired) electrons.